The number of hydrogen-bond donors (Lipinski definition) is 0. The number of benzene rings is 3. The molecule has 0 saturated carbocycles. The number of para-hydroxylation sites is 1. The van der Waals surface area contributed by atoms with Gasteiger partial charge in [0.25, 0.3) is 5.56 Å². The maximum Gasteiger partial charge on any atom is 0.312 e. The van der Waals surface area contributed by atoms with Crippen molar-refractivity contribution in [2.24, 2.45) is 5.10 Å². The van der Waals surface area contributed by atoms with Crippen molar-refractivity contribution < 1.29 is 9.66 Å². The number of hydrogen-bond acceptors (Lipinski definition) is 6. The molecule has 1 aromatic heterocycles. The quantitative estimate of drug-likeness (QED) is 0.198. The number of nitro benzene ring substituents is 1. The lowest BCUT2D eigenvalue weighted by Crippen LogP contribution is -2.20. The van der Waals surface area contributed by atoms with Crippen LogP contribution in [0.4, 0.5) is 5.69 Å². The Morgan fingerprint density at radius 1 is 1.12 bits per heavy atom. The van der Waals surface area contributed by atoms with E-state index in [2.05, 4.69) is 26.0 Å². The van der Waals surface area contributed by atoms with Crippen molar-refractivity contribution in [3.8, 4) is 17.1 Å². The van der Waals surface area contributed by atoms with Crippen LogP contribution >= 0.6 is 15.9 Å². The maximum absolute atomic E-state index is 13.2. The van der Waals surface area contributed by atoms with E-state index in [4.69, 9.17) is 4.74 Å². The third-order valence-corrected chi connectivity index (χ3v) is 5.29. The Morgan fingerprint density at radius 3 is 2.52 bits per heavy atom. The third-order valence-electron chi connectivity index (χ3n) is 4.70. The molecule has 0 radical (unpaired) electrons. The van der Waals surface area contributed by atoms with Gasteiger partial charge in [0.1, 0.15) is 0 Å². The molecule has 0 spiro atoms. The molecule has 166 valence electrons. The SMILES string of the molecule is CC(C)Oc1c(Br)cc(C=Nn2c(-c3ccccc3)nc3ccccc3c2=O)cc1[N+](=O)[O-]. The van der Waals surface area contributed by atoms with Gasteiger partial charge in [-0.2, -0.15) is 9.78 Å². The Balaban J connectivity index is 1.87. The van der Waals surface area contributed by atoms with E-state index in [0.29, 0.717) is 32.3 Å². The zero-order valence-corrected chi connectivity index (χ0v) is 19.4. The summed E-state index contributed by atoms with van der Waals surface area (Å²) in [5.41, 5.74) is 1.14. The summed E-state index contributed by atoms with van der Waals surface area (Å²) in [4.78, 5) is 29.0. The van der Waals surface area contributed by atoms with Crippen molar-refractivity contribution in [3.63, 3.8) is 0 Å². The Kier molecular flexibility index (Phi) is 6.32. The molecule has 0 amide bonds. The number of rotatable bonds is 6. The van der Waals surface area contributed by atoms with Gasteiger partial charge < -0.3 is 4.74 Å². The van der Waals surface area contributed by atoms with E-state index in [1.807, 2.05) is 36.4 Å². The second-order valence-electron chi connectivity index (χ2n) is 7.45. The molecule has 0 N–H and O–H groups in total. The fourth-order valence-electron chi connectivity index (χ4n) is 3.29. The Hall–Kier alpha value is -3.85. The molecular formula is C24H19BrN4O4. The highest BCUT2D eigenvalue weighted by Crippen LogP contribution is 2.36. The maximum atomic E-state index is 13.2. The molecule has 0 aliphatic rings. The lowest BCUT2D eigenvalue weighted by Gasteiger charge is -2.12. The molecule has 0 unspecified atom stereocenters. The number of halogens is 1. The van der Waals surface area contributed by atoms with Gasteiger partial charge >= 0.3 is 5.69 Å². The second-order valence-corrected chi connectivity index (χ2v) is 8.31. The second kappa shape index (κ2) is 9.33. The van der Waals surface area contributed by atoms with Gasteiger partial charge in [-0.15, -0.1) is 0 Å². The lowest BCUT2D eigenvalue weighted by atomic mass is 10.2. The van der Waals surface area contributed by atoms with Crippen LogP contribution in [0.15, 0.2) is 81.1 Å². The van der Waals surface area contributed by atoms with Gasteiger partial charge in [-0.05, 0) is 48.0 Å². The summed E-state index contributed by atoms with van der Waals surface area (Å²) in [5.74, 6) is 0.505. The summed E-state index contributed by atoms with van der Waals surface area (Å²) in [6, 6.07) is 19.3. The van der Waals surface area contributed by atoms with Crippen LogP contribution in [0.25, 0.3) is 22.3 Å². The van der Waals surface area contributed by atoms with E-state index < -0.39 is 4.92 Å². The van der Waals surface area contributed by atoms with Gasteiger partial charge in [0.15, 0.2) is 5.82 Å². The van der Waals surface area contributed by atoms with E-state index in [-0.39, 0.29) is 23.1 Å². The molecule has 33 heavy (non-hydrogen) atoms. The predicted octanol–water partition coefficient (Wildman–Crippen LogP) is 5.40. The normalized spacial score (nSPS) is 11.4. The Labute approximate surface area is 197 Å². The van der Waals surface area contributed by atoms with E-state index in [9.17, 15) is 14.9 Å². The molecule has 0 fully saturated rings. The zero-order valence-electron chi connectivity index (χ0n) is 17.8. The molecule has 0 aliphatic carbocycles. The van der Waals surface area contributed by atoms with Gasteiger partial charge in [-0.1, -0.05) is 42.5 Å². The first kappa shape index (κ1) is 22.3. The molecule has 4 rings (SSSR count). The van der Waals surface area contributed by atoms with Crippen molar-refractivity contribution >= 4 is 38.7 Å². The molecule has 4 aromatic rings. The first-order valence-corrected chi connectivity index (χ1v) is 10.9. The Bertz CT molecular complexity index is 1430. The van der Waals surface area contributed by atoms with Gasteiger partial charge in [0, 0.05) is 17.2 Å². The zero-order chi connectivity index (χ0) is 23.5. The van der Waals surface area contributed by atoms with Crippen LogP contribution in [0, 0.1) is 10.1 Å². The van der Waals surface area contributed by atoms with Crippen molar-refractivity contribution in [2.45, 2.75) is 20.0 Å². The standard InChI is InChI=1S/C24H19BrN4O4/c1-15(2)33-22-19(25)12-16(13-21(22)29(31)32)14-26-28-23(17-8-4-3-5-9-17)27-20-11-7-6-10-18(20)24(28)30/h3-15H,1-2H3. The summed E-state index contributed by atoms with van der Waals surface area (Å²) in [6.07, 6.45) is 1.15. The van der Waals surface area contributed by atoms with Gasteiger partial charge in [0.2, 0.25) is 5.75 Å². The first-order valence-electron chi connectivity index (χ1n) is 10.1. The average Bonchev–Trinajstić information content (AvgIpc) is 2.80. The molecular weight excluding hydrogens is 488 g/mol. The third kappa shape index (κ3) is 4.68. The highest BCUT2D eigenvalue weighted by Gasteiger charge is 2.21. The van der Waals surface area contributed by atoms with Gasteiger partial charge in [0.05, 0.1) is 32.6 Å². The van der Waals surface area contributed by atoms with Crippen LogP contribution in [0.1, 0.15) is 19.4 Å². The summed E-state index contributed by atoms with van der Waals surface area (Å²) in [6.45, 7) is 3.57. The van der Waals surface area contributed by atoms with Crippen molar-refractivity contribution in [1.29, 1.82) is 0 Å². The Morgan fingerprint density at radius 2 is 1.82 bits per heavy atom. The summed E-state index contributed by atoms with van der Waals surface area (Å²) < 4.78 is 7.22. The molecule has 0 bridgehead atoms. The van der Waals surface area contributed by atoms with Crippen LogP contribution in [0.5, 0.6) is 5.75 Å². The molecule has 1 heterocycles. The van der Waals surface area contributed by atoms with Crippen LogP contribution in [0.3, 0.4) is 0 Å². The average molecular weight is 507 g/mol. The minimum Gasteiger partial charge on any atom is -0.483 e. The monoisotopic (exact) mass is 506 g/mol. The van der Waals surface area contributed by atoms with E-state index in [1.165, 1.54) is 17.0 Å². The molecule has 0 atom stereocenters. The van der Waals surface area contributed by atoms with E-state index >= 15 is 0 Å². The summed E-state index contributed by atoms with van der Waals surface area (Å²) in [7, 11) is 0. The number of nitro groups is 1. The number of nitrogens with zero attached hydrogens (tertiary/aromatic N) is 4. The lowest BCUT2D eigenvalue weighted by molar-refractivity contribution is -0.386. The van der Waals surface area contributed by atoms with E-state index in [1.54, 1.807) is 38.1 Å². The van der Waals surface area contributed by atoms with Gasteiger partial charge in [-0.3, -0.25) is 14.9 Å². The van der Waals surface area contributed by atoms with Crippen LogP contribution < -0.4 is 10.3 Å². The minimum atomic E-state index is -0.515. The molecule has 8 nitrogen and oxygen atoms in total. The van der Waals surface area contributed by atoms with Crippen molar-refractivity contribution in [2.75, 3.05) is 0 Å². The van der Waals surface area contributed by atoms with Crippen LogP contribution in [-0.2, 0) is 0 Å². The highest BCUT2D eigenvalue weighted by atomic mass is 79.9. The number of aromatic nitrogens is 2. The van der Waals surface area contributed by atoms with Gasteiger partial charge in [-0.25, -0.2) is 4.98 Å². The number of ether oxygens (including phenoxy) is 1. The summed E-state index contributed by atoms with van der Waals surface area (Å²) >= 11 is 3.35. The van der Waals surface area contributed by atoms with Crippen molar-refractivity contribution in [1.82, 2.24) is 9.66 Å². The van der Waals surface area contributed by atoms with Crippen LogP contribution in [-0.4, -0.2) is 26.9 Å². The molecule has 0 saturated heterocycles. The minimum absolute atomic E-state index is 0.140. The molecule has 9 heteroatoms. The fraction of sp³-hybridized carbons (Fsp3) is 0.125. The van der Waals surface area contributed by atoms with E-state index in [0.717, 1.165) is 0 Å². The van der Waals surface area contributed by atoms with Crippen LogP contribution in [0.2, 0.25) is 0 Å². The number of fused-ring (bicyclic) bond motifs is 1. The molecule has 0 aliphatic heterocycles. The van der Waals surface area contributed by atoms with Crippen molar-refractivity contribution in [3.05, 3.63) is 97.2 Å². The smallest absolute Gasteiger partial charge is 0.312 e. The molecule has 3 aromatic carbocycles. The first-order chi connectivity index (χ1) is 15.8. The summed E-state index contributed by atoms with van der Waals surface area (Å²) in [5, 5.41) is 16.4. The predicted molar refractivity (Wildman–Crippen MR) is 131 cm³/mol. The fourth-order valence-corrected chi connectivity index (χ4v) is 3.85. The topological polar surface area (TPSA) is 99.6 Å². The highest BCUT2D eigenvalue weighted by molar-refractivity contribution is 9.10. The largest absolute Gasteiger partial charge is 0.483 e.